The van der Waals surface area contributed by atoms with Crippen molar-refractivity contribution in [1.29, 1.82) is 0 Å². The van der Waals surface area contributed by atoms with E-state index < -0.39 is 6.23 Å². The second-order valence-electron chi connectivity index (χ2n) is 7.60. The number of ketones is 1. The van der Waals surface area contributed by atoms with Crippen LogP contribution in [0.15, 0.2) is 12.1 Å². The number of ether oxygens (including phenoxy) is 1. The molecular formula is C19H20N2O6. The molecule has 3 aliphatic heterocycles. The largest absolute Gasteiger partial charge is 0.487 e. The van der Waals surface area contributed by atoms with Crippen LogP contribution in [0.1, 0.15) is 64.8 Å². The molecule has 0 bridgehead atoms. The lowest BCUT2D eigenvalue weighted by molar-refractivity contribution is -0.259. The van der Waals surface area contributed by atoms with Crippen molar-refractivity contribution in [3.05, 3.63) is 28.8 Å². The van der Waals surface area contributed by atoms with Crippen LogP contribution in [0.3, 0.4) is 0 Å². The zero-order chi connectivity index (χ0) is 18.6. The number of imide groups is 1. The average molecular weight is 372 g/mol. The molecule has 3 heterocycles. The second-order valence-corrected chi connectivity index (χ2v) is 7.60. The number of nitrogens with one attached hydrogen (secondary N) is 1. The van der Waals surface area contributed by atoms with Gasteiger partial charge in [-0.15, -0.1) is 0 Å². The van der Waals surface area contributed by atoms with Gasteiger partial charge in [0.1, 0.15) is 17.1 Å². The molecule has 1 aromatic carbocycles. The topological polar surface area (TPSA) is 94.2 Å². The van der Waals surface area contributed by atoms with E-state index in [0.717, 1.165) is 23.3 Å². The minimum atomic E-state index is -0.695. The third kappa shape index (κ3) is 2.67. The summed E-state index contributed by atoms with van der Waals surface area (Å²) in [5.74, 6) is 0.206. The van der Waals surface area contributed by atoms with Gasteiger partial charge in [0.05, 0.1) is 17.7 Å². The number of Topliss-reactive ketones (excluding diaryl/α,β-unsaturated/α-hetero) is 1. The van der Waals surface area contributed by atoms with Crippen LogP contribution in [-0.4, -0.2) is 40.9 Å². The van der Waals surface area contributed by atoms with E-state index >= 15 is 0 Å². The van der Waals surface area contributed by atoms with Gasteiger partial charge in [0.25, 0.3) is 11.8 Å². The number of hydrogen-bond acceptors (Lipinski definition) is 7. The van der Waals surface area contributed by atoms with Crippen LogP contribution < -0.4 is 10.4 Å². The van der Waals surface area contributed by atoms with Crippen LogP contribution in [0, 0.1) is 0 Å². The molecule has 1 aromatic rings. The monoisotopic (exact) mass is 372 g/mol. The Morgan fingerprint density at radius 2 is 1.70 bits per heavy atom. The van der Waals surface area contributed by atoms with Gasteiger partial charge in [0.15, 0.2) is 6.23 Å². The summed E-state index contributed by atoms with van der Waals surface area (Å²) < 4.78 is 6.30. The smallest absolute Gasteiger partial charge is 0.263 e. The Bertz CT molecular complexity index is 835. The summed E-state index contributed by atoms with van der Waals surface area (Å²) >= 11 is 0. The number of rotatable bonds is 1. The number of hydrogen-bond donors (Lipinski definition) is 1. The number of amides is 2. The average Bonchev–Trinajstić information content (AvgIpc) is 2.93. The van der Waals surface area contributed by atoms with Gasteiger partial charge in [0, 0.05) is 19.3 Å². The lowest BCUT2D eigenvalue weighted by atomic mass is 9.78. The number of aryl methyl sites for hydroxylation is 1. The van der Waals surface area contributed by atoms with Crippen molar-refractivity contribution >= 4 is 17.6 Å². The molecule has 1 saturated carbocycles. The predicted octanol–water partition coefficient (Wildman–Crippen LogP) is 1.67. The zero-order valence-electron chi connectivity index (χ0n) is 14.8. The molecule has 27 heavy (non-hydrogen) atoms. The standard InChI is InChI=1S/C19H20N2O6/c22-12-2-6-19(7-3-12)5-1-11-9-13-14(10-15(11)26-19)18(24)21(17(13)23)16-4-8-25-20-27-16/h9-10,16,20H,1-8H2. The van der Waals surface area contributed by atoms with E-state index in [9.17, 15) is 14.4 Å². The van der Waals surface area contributed by atoms with Crippen LogP contribution in [0.5, 0.6) is 5.75 Å². The lowest BCUT2D eigenvalue weighted by Gasteiger charge is -2.41. The SMILES string of the molecule is O=C1CCC2(CC1)CCc1cc3c(cc1O2)C(=O)N(C1CCONO1)C3=O. The van der Waals surface area contributed by atoms with Gasteiger partial charge < -0.3 is 4.74 Å². The summed E-state index contributed by atoms with van der Waals surface area (Å²) in [4.78, 5) is 48.5. The van der Waals surface area contributed by atoms with Crippen LogP contribution >= 0.6 is 0 Å². The molecule has 2 amide bonds. The molecule has 4 aliphatic rings. The van der Waals surface area contributed by atoms with Gasteiger partial charge in [-0.1, -0.05) is 5.64 Å². The first-order chi connectivity index (χ1) is 13.1. The van der Waals surface area contributed by atoms with Crippen molar-refractivity contribution in [1.82, 2.24) is 10.5 Å². The fourth-order valence-corrected chi connectivity index (χ4v) is 4.40. The maximum atomic E-state index is 12.9. The number of benzene rings is 1. The molecule has 1 aliphatic carbocycles. The van der Waals surface area contributed by atoms with E-state index in [1.165, 1.54) is 0 Å². The van der Waals surface area contributed by atoms with Crippen molar-refractivity contribution in [3.63, 3.8) is 0 Å². The quantitative estimate of drug-likeness (QED) is 0.750. The molecule has 0 aromatic heterocycles. The summed E-state index contributed by atoms with van der Waals surface area (Å²) in [6.07, 6.45) is 3.81. The van der Waals surface area contributed by atoms with E-state index in [4.69, 9.17) is 14.4 Å². The Balaban J connectivity index is 1.45. The summed E-state index contributed by atoms with van der Waals surface area (Å²) in [5.41, 5.74) is 3.63. The first-order valence-corrected chi connectivity index (χ1v) is 9.34. The molecule has 142 valence electrons. The van der Waals surface area contributed by atoms with Crippen molar-refractivity contribution in [3.8, 4) is 5.75 Å². The normalized spacial score (nSPS) is 26.7. The molecule has 2 fully saturated rings. The van der Waals surface area contributed by atoms with Crippen LogP contribution in [0.25, 0.3) is 0 Å². The first kappa shape index (κ1) is 16.9. The van der Waals surface area contributed by atoms with E-state index in [2.05, 4.69) is 5.64 Å². The molecule has 1 N–H and O–H groups in total. The van der Waals surface area contributed by atoms with E-state index in [0.29, 0.717) is 55.6 Å². The second kappa shape index (κ2) is 6.12. The molecule has 0 radical (unpaired) electrons. The third-order valence-electron chi connectivity index (χ3n) is 5.99. The van der Waals surface area contributed by atoms with Gasteiger partial charge in [-0.3, -0.25) is 24.1 Å². The number of carbonyl (C=O) groups excluding carboxylic acids is 3. The Labute approximate surface area is 155 Å². The minimum absolute atomic E-state index is 0.283. The highest BCUT2D eigenvalue weighted by Crippen LogP contribution is 2.43. The van der Waals surface area contributed by atoms with Crippen LogP contribution in [-0.2, 0) is 20.9 Å². The summed E-state index contributed by atoms with van der Waals surface area (Å²) in [6, 6.07) is 3.47. The third-order valence-corrected chi connectivity index (χ3v) is 5.99. The molecule has 1 saturated heterocycles. The molecule has 1 unspecified atom stereocenters. The van der Waals surface area contributed by atoms with Crippen LogP contribution in [0.4, 0.5) is 0 Å². The summed E-state index contributed by atoms with van der Waals surface area (Å²) in [5, 5.41) is 0. The first-order valence-electron chi connectivity index (χ1n) is 9.34. The van der Waals surface area contributed by atoms with Crippen molar-refractivity contribution < 1.29 is 28.8 Å². The fraction of sp³-hybridized carbons (Fsp3) is 0.526. The highest BCUT2D eigenvalue weighted by molar-refractivity contribution is 6.21. The summed E-state index contributed by atoms with van der Waals surface area (Å²) in [6.45, 7) is 0.346. The molecule has 8 nitrogen and oxygen atoms in total. The van der Waals surface area contributed by atoms with E-state index in [-0.39, 0.29) is 23.2 Å². The Morgan fingerprint density at radius 1 is 1.00 bits per heavy atom. The predicted molar refractivity (Wildman–Crippen MR) is 90.7 cm³/mol. The van der Waals surface area contributed by atoms with Crippen molar-refractivity contribution in [2.24, 2.45) is 0 Å². The molecular weight excluding hydrogens is 352 g/mol. The van der Waals surface area contributed by atoms with E-state index in [1.807, 2.05) is 0 Å². The Morgan fingerprint density at radius 3 is 2.41 bits per heavy atom. The number of fused-ring (bicyclic) bond motifs is 2. The molecule has 5 rings (SSSR count). The van der Waals surface area contributed by atoms with Crippen molar-refractivity contribution in [2.75, 3.05) is 6.61 Å². The van der Waals surface area contributed by atoms with Gasteiger partial charge in [0.2, 0.25) is 0 Å². The zero-order valence-corrected chi connectivity index (χ0v) is 14.8. The minimum Gasteiger partial charge on any atom is -0.487 e. The highest BCUT2D eigenvalue weighted by atomic mass is 16.9. The Kier molecular flexibility index (Phi) is 3.82. The number of carbonyl (C=O) groups is 3. The molecule has 8 heteroatoms. The van der Waals surface area contributed by atoms with Gasteiger partial charge >= 0.3 is 0 Å². The lowest BCUT2D eigenvalue weighted by Crippen LogP contribution is -2.47. The Hall–Kier alpha value is -2.29. The maximum Gasteiger partial charge on any atom is 0.263 e. The molecule has 1 atom stereocenters. The van der Waals surface area contributed by atoms with Gasteiger partial charge in [-0.05, 0) is 43.4 Å². The van der Waals surface area contributed by atoms with Gasteiger partial charge in [-0.25, -0.2) is 4.90 Å². The molecule has 1 spiro atoms. The maximum absolute atomic E-state index is 12.9. The van der Waals surface area contributed by atoms with Crippen LogP contribution in [0.2, 0.25) is 0 Å². The van der Waals surface area contributed by atoms with Crippen molar-refractivity contribution in [2.45, 2.75) is 56.8 Å². The van der Waals surface area contributed by atoms with Gasteiger partial charge in [-0.2, -0.15) is 0 Å². The highest BCUT2D eigenvalue weighted by Gasteiger charge is 2.45. The summed E-state index contributed by atoms with van der Waals surface area (Å²) in [7, 11) is 0. The van der Waals surface area contributed by atoms with E-state index in [1.54, 1.807) is 12.1 Å². The fourth-order valence-electron chi connectivity index (χ4n) is 4.40. The number of nitrogens with zero attached hydrogens (tertiary/aromatic N) is 1.